The molecule has 2 aromatic carbocycles. The van der Waals surface area contributed by atoms with Crippen LogP contribution in [-0.2, 0) is 44.0 Å². The first-order valence-corrected chi connectivity index (χ1v) is 24.2. The van der Waals surface area contributed by atoms with Gasteiger partial charge in [-0.2, -0.15) is 9.97 Å². The number of piperidine rings is 3. The molecule has 324 valence electrons. The highest BCUT2D eigenvalue weighted by molar-refractivity contribution is 7.85. The van der Waals surface area contributed by atoms with E-state index in [-0.39, 0.29) is 35.1 Å². The quantitative estimate of drug-likeness (QED) is 0.181. The molecule has 62 heavy (non-hydrogen) atoms. The summed E-state index contributed by atoms with van der Waals surface area (Å²) < 4.78 is 31.4. The molecular formula is C44H49ClN10O5S2. The average Bonchev–Trinajstić information content (AvgIpc) is 4.01. The average molecular weight is 898 g/mol. The number of nitrogens with one attached hydrogen (secondary N) is 2. The van der Waals surface area contributed by atoms with Crippen LogP contribution in [0.15, 0.2) is 74.9 Å². The van der Waals surface area contributed by atoms with Crippen LogP contribution in [0.25, 0.3) is 22.6 Å². The second kappa shape index (κ2) is 18.2. The summed E-state index contributed by atoms with van der Waals surface area (Å²) >= 11 is 5.92. The van der Waals surface area contributed by atoms with Crippen LogP contribution in [0, 0.1) is 0 Å². The van der Waals surface area contributed by atoms with Gasteiger partial charge in [0, 0.05) is 107 Å². The van der Waals surface area contributed by atoms with Crippen molar-refractivity contribution in [1.29, 1.82) is 0 Å². The highest BCUT2D eigenvalue weighted by Crippen LogP contribution is 2.39. The van der Waals surface area contributed by atoms with Crippen molar-refractivity contribution in [3.8, 4) is 22.6 Å². The SMILES string of the molecule is CN1C[C@@H](Nc2nc(Cl)nc3c2S(=O)CC3)CCC1=O.CN1C[C@@H](Nc2nc(N3CCC(c4nc(-c5ccccc5)c(-c5ccccc5)o4)CC3)nc3c2S(=O)CC3)CCC1=O. The van der Waals surface area contributed by atoms with Gasteiger partial charge in [-0.3, -0.25) is 18.0 Å². The van der Waals surface area contributed by atoms with Crippen LogP contribution in [-0.4, -0.2) is 119 Å². The number of hydrogen-bond donors (Lipinski definition) is 2. The van der Waals surface area contributed by atoms with Gasteiger partial charge in [-0.25, -0.2) is 15.0 Å². The zero-order chi connectivity index (χ0) is 42.9. The number of carbonyl (C=O) groups excluding carboxylic acids is 2. The molecular weight excluding hydrogens is 848 g/mol. The molecule has 0 bridgehead atoms. The van der Waals surface area contributed by atoms with Crippen molar-refractivity contribution in [1.82, 2.24) is 34.7 Å². The number of nitrogens with zero attached hydrogens (tertiary/aromatic N) is 8. The molecule has 5 aromatic rings. The van der Waals surface area contributed by atoms with Gasteiger partial charge in [0.05, 0.1) is 33.0 Å². The molecule has 2 amide bonds. The predicted octanol–water partition coefficient (Wildman–Crippen LogP) is 5.71. The van der Waals surface area contributed by atoms with Crippen molar-refractivity contribution in [3.63, 3.8) is 0 Å². The summed E-state index contributed by atoms with van der Waals surface area (Å²) in [5.41, 5.74) is 4.58. The normalized spacial score (nSPS) is 22.5. The van der Waals surface area contributed by atoms with Crippen LogP contribution in [0.3, 0.4) is 0 Å². The minimum atomic E-state index is -1.11. The number of benzene rings is 2. The fourth-order valence-electron chi connectivity index (χ4n) is 8.75. The monoisotopic (exact) mass is 896 g/mol. The number of aryl methyl sites for hydroxylation is 2. The minimum absolute atomic E-state index is 0.0746. The van der Waals surface area contributed by atoms with E-state index in [1.807, 2.05) is 43.4 Å². The highest BCUT2D eigenvalue weighted by Gasteiger charge is 2.33. The molecule has 2 N–H and O–H groups in total. The van der Waals surface area contributed by atoms with Gasteiger partial charge in [0.2, 0.25) is 23.0 Å². The molecule has 2 unspecified atom stereocenters. The van der Waals surface area contributed by atoms with Crippen LogP contribution in [0.5, 0.6) is 0 Å². The highest BCUT2D eigenvalue weighted by atomic mass is 35.5. The number of halogens is 1. The molecule has 8 heterocycles. The molecule has 18 heteroatoms. The Hall–Kier alpha value is -5.26. The maximum absolute atomic E-state index is 12.9. The Bertz CT molecular complexity index is 2460. The standard InChI is InChI=1S/C32H34N6O3S.C12H15ClN4O2S/c1-37-20-24(12-13-26(37)39)33-30-29-25(16-19-42(29)40)34-32(36-30)38-17-14-23(15-18-38)31-35-27(21-8-4-2-5-9-21)28(41-31)22-10-6-3-7-11-22;1-17-6-7(2-3-9(17)18)14-11-10-8(4-5-20(10)19)15-12(13)16-11/h2-11,23-24H,12-20H2,1H3,(H,33,34,36);7H,2-6H2,1H3,(H,14,15,16)/t24-,42?;7-,20?/m00/s1. The van der Waals surface area contributed by atoms with Crippen molar-refractivity contribution in [2.24, 2.45) is 0 Å². The smallest absolute Gasteiger partial charge is 0.227 e. The lowest BCUT2D eigenvalue weighted by atomic mass is 9.97. The van der Waals surface area contributed by atoms with Crippen LogP contribution < -0.4 is 15.5 Å². The molecule has 4 atom stereocenters. The number of hydrogen-bond acceptors (Lipinski definition) is 13. The number of amides is 2. The van der Waals surface area contributed by atoms with E-state index in [0.29, 0.717) is 72.8 Å². The molecule has 0 spiro atoms. The van der Waals surface area contributed by atoms with E-state index in [0.717, 1.165) is 83.5 Å². The van der Waals surface area contributed by atoms with E-state index in [2.05, 4.69) is 49.8 Å². The van der Waals surface area contributed by atoms with E-state index in [1.165, 1.54) is 0 Å². The van der Waals surface area contributed by atoms with Crippen LogP contribution >= 0.6 is 11.6 Å². The Morgan fingerprint density at radius 3 is 1.76 bits per heavy atom. The number of anilines is 3. The Morgan fingerprint density at radius 2 is 1.19 bits per heavy atom. The van der Waals surface area contributed by atoms with Gasteiger partial charge in [0.15, 0.2) is 11.7 Å². The molecule has 0 aliphatic carbocycles. The van der Waals surface area contributed by atoms with Gasteiger partial charge in [0.1, 0.15) is 27.1 Å². The second-order valence-electron chi connectivity index (χ2n) is 16.4. The third-order valence-electron chi connectivity index (χ3n) is 12.1. The summed E-state index contributed by atoms with van der Waals surface area (Å²) in [5.74, 6) is 5.12. The van der Waals surface area contributed by atoms with E-state index < -0.39 is 21.6 Å². The lowest BCUT2D eigenvalue weighted by Gasteiger charge is -2.32. The Morgan fingerprint density at radius 1 is 0.661 bits per heavy atom. The van der Waals surface area contributed by atoms with Gasteiger partial charge in [-0.1, -0.05) is 60.7 Å². The van der Waals surface area contributed by atoms with Crippen molar-refractivity contribution >= 4 is 62.6 Å². The summed E-state index contributed by atoms with van der Waals surface area (Å²) in [4.78, 5) is 53.7. The van der Waals surface area contributed by atoms with Gasteiger partial charge in [-0.15, -0.1) is 0 Å². The van der Waals surface area contributed by atoms with Gasteiger partial charge < -0.3 is 29.8 Å². The number of rotatable bonds is 8. The zero-order valence-corrected chi connectivity index (χ0v) is 37.1. The molecule has 5 aliphatic rings. The molecule has 0 radical (unpaired) electrons. The number of oxazole rings is 1. The first kappa shape index (κ1) is 42.1. The third-order valence-corrected chi connectivity index (χ3v) is 15.2. The molecule has 3 saturated heterocycles. The largest absolute Gasteiger partial charge is 0.440 e. The number of likely N-dealkylation sites (N-methyl/N-ethyl adjacent to an activating group) is 2. The summed E-state index contributed by atoms with van der Waals surface area (Å²) in [6.07, 6.45) is 5.59. The van der Waals surface area contributed by atoms with E-state index in [1.54, 1.807) is 16.8 Å². The molecule has 3 aromatic heterocycles. The number of likely N-dealkylation sites (tertiary alicyclic amines) is 2. The van der Waals surface area contributed by atoms with E-state index >= 15 is 0 Å². The van der Waals surface area contributed by atoms with Crippen molar-refractivity contribution in [2.45, 2.75) is 79.2 Å². The Labute approximate surface area is 370 Å². The lowest BCUT2D eigenvalue weighted by Crippen LogP contribution is -2.43. The van der Waals surface area contributed by atoms with Crippen LogP contribution in [0.2, 0.25) is 5.28 Å². The van der Waals surface area contributed by atoms with E-state index in [9.17, 15) is 18.0 Å². The van der Waals surface area contributed by atoms with Crippen LogP contribution in [0.1, 0.15) is 61.7 Å². The minimum Gasteiger partial charge on any atom is -0.440 e. The topological polar surface area (TPSA) is 180 Å². The summed E-state index contributed by atoms with van der Waals surface area (Å²) in [6, 6.07) is 20.6. The van der Waals surface area contributed by atoms with Crippen molar-refractivity contribution in [2.75, 3.05) is 67.3 Å². The first-order valence-electron chi connectivity index (χ1n) is 21.2. The molecule has 15 nitrogen and oxygen atoms in total. The lowest BCUT2D eigenvalue weighted by molar-refractivity contribution is -0.132. The zero-order valence-electron chi connectivity index (χ0n) is 34.7. The molecule has 5 aliphatic heterocycles. The van der Waals surface area contributed by atoms with Crippen molar-refractivity contribution in [3.05, 3.63) is 83.2 Å². The summed E-state index contributed by atoms with van der Waals surface area (Å²) in [7, 11) is 1.43. The van der Waals surface area contributed by atoms with Gasteiger partial charge >= 0.3 is 0 Å². The van der Waals surface area contributed by atoms with Crippen molar-refractivity contribution < 1.29 is 22.4 Å². The first-order chi connectivity index (χ1) is 30.1. The molecule has 3 fully saturated rings. The Kier molecular flexibility index (Phi) is 12.4. The Balaban J connectivity index is 0.000000205. The fourth-order valence-corrected chi connectivity index (χ4v) is 11.6. The third kappa shape index (κ3) is 8.97. The van der Waals surface area contributed by atoms with Gasteiger partial charge in [0.25, 0.3) is 0 Å². The predicted molar refractivity (Wildman–Crippen MR) is 239 cm³/mol. The number of aromatic nitrogens is 5. The molecule has 0 saturated carbocycles. The van der Waals surface area contributed by atoms with Gasteiger partial charge in [-0.05, 0) is 37.3 Å². The number of carbonyl (C=O) groups is 2. The second-order valence-corrected chi connectivity index (χ2v) is 19.7. The summed E-state index contributed by atoms with van der Waals surface area (Å²) in [5, 5.41) is 6.98. The van der Waals surface area contributed by atoms with E-state index in [4.69, 9.17) is 31.0 Å². The maximum Gasteiger partial charge on any atom is 0.227 e. The summed E-state index contributed by atoms with van der Waals surface area (Å²) in [6.45, 7) is 2.77. The maximum atomic E-state index is 12.9. The van der Waals surface area contributed by atoms with Crippen LogP contribution in [0.4, 0.5) is 17.6 Å². The molecule has 10 rings (SSSR count). The number of fused-ring (bicyclic) bond motifs is 2. The fraction of sp³-hybridized carbons (Fsp3) is 0.432.